The van der Waals surface area contributed by atoms with E-state index in [2.05, 4.69) is 29.2 Å². The lowest BCUT2D eigenvalue weighted by molar-refractivity contribution is -0.150. The SMILES string of the molecule is CC1(C(=O)O)CCN(CCc2ccccc2)CC1. The van der Waals surface area contributed by atoms with Gasteiger partial charge >= 0.3 is 5.97 Å². The molecule has 3 nitrogen and oxygen atoms in total. The molecule has 0 aromatic heterocycles. The first kappa shape index (κ1) is 13.1. The Labute approximate surface area is 108 Å². The maximum atomic E-state index is 11.1. The highest BCUT2D eigenvalue weighted by molar-refractivity contribution is 5.74. The molecule has 0 atom stereocenters. The first-order valence-corrected chi connectivity index (χ1v) is 6.60. The van der Waals surface area contributed by atoms with Crippen LogP contribution in [-0.2, 0) is 11.2 Å². The quantitative estimate of drug-likeness (QED) is 0.888. The summed E-state index contributed by atoms with van der Waals surface area (Å²) in [5.74, 6) is -0.648. The third-order valence-electron chi connectivity index (χ3n) is 4.04. The van der Waals surface area contributed by atoms with Crippen molar-refractivity contribution in [2.75, 3.05) is 19.6 Å². The molecule has 1 aliphatic rings. The van der Waals surface area contributed by atoms with Crippen LogP contribution in [0, 0.1) is 5.41 Å². The van der Waals surface area contributed by atoms with Gasteiger partial charge in [0.05, 0.1) is 5.41 Å². The molecule has 3 heteroatoms. The molecule has 0 saturated carbocycles. The van der Waals surface area contributed by atoms with Crippen LogP contribution in [0.25, 0.3) is 0 Å². The molecule has 1 aliphatic heterocycles. The van der Waals surface area contributed by atoms with Gasteiger partial charge in [-0.25, -0.2) is 0 Å². The first-order valence-electron chi connectivity index (χ1n) is 6.60. The average molecular weight is 247 g/mol. The van der Waals surface area contributed by atoms with E-state index in [-0.39, 0.29) is 0 Å². The molecule has 98 valence electrons. The Balaban J connectivity index is 1.79. The van der Waals surface area contributed by atoms with Crippen molar-refractivity contribution >= 4 is 5.97 Å². The zero-order chi connectivity index (χ0) is 13.0. The number of carboxylic acid groups (broad SMARTS) is 1. The average Bonchev–Trinajstić information content (AvgIpc) is 2.39. The fraction of sp³-hybridized carbons (Fsp3) is 0.533. The number of likely N-dealkylation sites (tertiary alicyclic amines) is 1. The summed E-state index contributed by atoms with van der Waals surface area (Å²) in [6.07, 6.45) is 2.57. The molecule has 1 aromatic carbocycles. The van der Waals surface area contributed by atoms with Crippen LogP contribution >= 0.6 is 0 Å². The molecule has 18 heavy (non-hydrogen) atoms. The van der Waals surface area contributed by atoms with Crippen molar-refractivity contribution in [2.24, 2.45) is 5.41 Å². The van der Waals surface area contributed by atoms with Gasteiger partial charge in [-0.1, -0.05) is 30.3 Å². The van der Waals surface area contributed by atoms with Crippen molar-refractivity contribution in [3.63, 3.8) is 0 Å². The summed E-state index contributed by atoms with van der Waals surface area (Å²) in [4.78, 5) is 13.5. The van der Waals surface area contributed by atoms with Crippen LogP contribution in [0.4, 0.5) is 0 Å². The van der Waals surface area contributed by atoms with Crippen molar-refractivity contribution in [1.29, 1.82) is 0 Å². The Morgan fingerprint density at radius 3 is 2.44 bits per heavy atom. The highest BCUT2D eigenvalue weighted by Gasteiger charge is 2.36. The lowest BCUT2D eigenvalue weighted by atomic mass is 9.80. The fourth-order valence-corrected chi connectivity index (χ4v) is 2.42. The monoisotopic (exact) mass is 247 g/mol. The van der Waals surface area contributed by atoms with Crippen molar-refractivity contribution in [3.05, 3.63) is 35.9 Å². The number of hydrogen-bond acceptors (Lipinski definition) is 2. The zero-order valence-electron chi connectivity index (χ0n) is 10.9. The minimum Gasteiger partial charge on any atom is -0.481 e. The van der Waals surface area contributed by atoms with Gasteiger partial charge in [0.15, 0.2) is 0 Å². The number of benzene rings is 1. The van der Waals surface area contributed by atoms with Crippen LogP contribution < -0.4 is 0 Å². The van der Waals surface area contributed by atoms with Gasteiger partial charge in [-0.2, -0.15) is 0 Å². The summed E-state index contributed by atoms with van der Waals surface area (Å²) >= 11 is 0. The van der Waals surface area contributed by atoms with Gasteiger partial charge in [0.25, 0.3) is 0 Å². The number of aliphatic carboxylic acids is 1. The number of piperidine rings is 1. The molecule has 1 heterocycles. The van der Waals surface area contributed by atoms with Crippen molar-refractivity contribution in [1.82, 2.24) is 4.90 Å². The maximum absolute atomic E-state index is 11.1. The molecule has 0 radical (unpaired) electrons. The molecule has 1 fully saturated rings. The molecule has 0 aliphatic carbocycles. The number of hydrogen-bond donors (Lipinski definition) is 1. The number of carboxylic acids is 1. The van der Waals surface area contributed by atoms with Gasteiger partial charge in [-0.05, 0) is 44.8 Å². The van der Waals surface area contributed by atoms with E-state index in [1.807, 2.05) is 13.0 Å². The van der Waals surface area contributed by atoms with E-state index in [9.17, 15) is 9.90 Å². The van der Waals surface area contributed by atoms with Crippen LogP contribution in [0.3, 0.4) is 0 Å². The van der Waals surface area contributed by atoms with Gasteiger partial charge in [0, 0.05) is 6.54 Å². The molecule has 1 aromatic rings. The van der Waals surface area contributed by atoms with Crippen molar-refractivity contribution in [3.8, 4) is 0 Å². The molecule has 1 N–H and O–H groups in total. The zero-order valence-corrected chi connectivity index (χ0v) is 10.9. The van der Waals surface area contributed by atoms with Gasteiger partial charge in [-0.3, -0.25) is 4.79 Å². The molecule has 0 bridgehead atoms. The van der Waals surface area contributed by atoms with Crippen molar-refractivity contribution < 1.29 is 9.90 Å². The van der Waals surface area contributed by atoms with Crippen LogP contribution in [0.5, 0.6) is 0 Å². The van der Waals surface area contributed by atoms with E-state index in [4.69, 9.17) is 0 Å². The van der Waals surface area contributed by atoms with Crippen LogP contribution in [0.15, 0.2) is 30.3 Å². The standard InChI is InChI=1S/C15H21NO2/c1-15(14(17)18)8-11-16(12-9-15)10-7-13-5-3-2-4-6-13/h2-6H,7-12H2,1H3,(H,17,18). The summed E-state index contributed by atoms with van der Waals surface area (Å²) in [6.45, 7) is 4.69. The van der Waals surface area contributed by atoms with E-state index in [1.54, 1.807) is 0 Å². The third-order valence-corrected chi connectivity index (χ3v) is 4.04. The van der Waals surface area contributed by atoms with Gasteiger partial charge in [0.1, 0.15) is 0 Å². The Hall–Kier alpha value is -1.35. The molecular formula is C15H21NO2. The molecule has 0 unspecified atom stereocenters. The van der Waals surface area contributed by atoms with Crippen LogP contribution in [-0.4, -0.2) is 35.6 Å². The number of carbonyl (C=O) groups is 1. The predicted octanol–water partition coefficient (Wildman–Crippen LogP) is 2.42. The lowest BCUT2D eigenvalue weighted by Gasteiger charge is -2.36. The van der Waals surface area contributed by atoms with Gasteiger partial charge in [-0.15, -0.1) is 0 Å². The Kier molecular flexibility index (Phi) is 4.02. The number of rotatable bonds is 4. The normalized spacial score (nSPS) is 19.6. The summed E-state index contributed by atoms with van der Waals surface area (Å²) in [7, 11) is 0. The summed E-state index contributed by atoms with van der Waals surface area (Å²) in [5, 5.41) is 9.17. The Bertz CT molecular complexity index is 394. The second kappa shape index (κ2) is 5.53. The minimum absolute atomic E-state index is 0.511. The maximum Gasteiger partial charge on any atom is 0.309 e. The minimum atomic E-state index is -0.648. The molecule has 0 amide bonds. The van der Waals surface area contributed by atoms with Crippen molar-refractivity contribution in [2.45, 2.75) is 26.2 Å². The fourth-order valence-electron chi connectivity index (χ4n) is 2.42. The highest BCUT2D eigenvalue weighted by Crippen LogP contribution is 2.30. The molecule has 1 saturated heterocycles. The Morgan fingerprint density at radius 2 is 1.89 bits per heavy atom. The third kappa shape index (κ3) is 3.10. The van der Waals surface area contributed by atoms with E-state index in [0.717, 1.165) is 38.9 Å². The van der Waals surface area contributed by atoms with E-state index in [1.165, 1.54) is 5.56 Å². The molecule has 2 rings (SSSR count). The highest BCUT2D eigenvalue weighted by atomic mass is 16.4. The first-order chi connectivity index (χ1) is 8.60. The predicted molar refractivity (Wildman–Crippen MR) is 71.6 cm³/mol. The Morgan fingerprint density at radius 1 is 1.28 bits per heavy atom. The second-order valence-corrected chi connectivity index (χ2v) is 5.44. The summed E-state index contributed by atoms with van der Waals surface area (Å²) in [5.41, 5.74) is 0.840. The molecule has 0 spiro atoms. The summed E-state index contributed by atoms with van der Waals surface area (Å²) < 4.78 is 0. The van der Waals surface area contributed by atoms with Gasteiger partial charge < -0.3 is 10.0 Å². The van der Waals surface area contributed by atoms with E-state index in [0.29, 0.717) is 0 Å². The molecular weight excluding hydrogens is 226 g/mol. The van der Waals surface area contributed by atoms with Crippen LogP contribution in [0.1, 0.15) is 25.3 Å². The topological polar surface area (TPSA) is 40.5 Å². The largest absolute Gasteiger partial charge is 0.481 e. The van der Waals surface area contributed by atoms with E-state index < -0.39 is 11.4 Å². The number of nitrogens with zero attached hydrogens (tertiary/aromatic N) is 1. The summed E-state index contributed by atoms with van der Waals surface area (Å²) in [6, 6.07) is 10.4. The van der Waals surface area contributed by atoms with E-state index >= 15 is 0 Å². The van der Waals surface area contributed by atoms with Gasteiger partial charge in [0.2, 0.25) is 0 Å². The van der Waals surface area contributed by atoms with Crippen LogP contribution in [0.2, 0.25) is 0 Å². The second-order valence-electron chi connectivity index (χ2n) is 5.44. The smallest absolute Gasteiger partial charge is 0.309 e. The lowest BCUT2D eigenvalue weighted by Crippen LogP contribution is -2.43.